The Balaban J connectivity index is 0.000000157. The van der Waals surface area contributed by atoms with Crippen molar-refractivity contribution in [2.45, 2.75) is 12.5 Å². The average Bonchev–Trinajstić information content (AvgIpc) is 2.51. The lowest BCUT2D eigenvalue weighted by molar-refractivity contribution is -0.138. The van der Waals surface area contributed by atoms with Crippen LogP contribution in [0.15, 0.2) is 54.6 Å². The molecule has 0 fully saturated rings. The molecule has 4 aromatic rings. The Hall–Kier alpha value is -2.53. The molecule has 0 spiro atoms. The molecule has 1 atom stereocenters. The molecule has 3 N–H and O–H groups in total. The number of nitrogens with zero attached hydrogens (tertiary/aromatic N) is 2. The summed E-state index contributed by atoms with van der Waals surface area (Å²) in [6.07, 6.45) is 0.385. The Kier molecular flexibility index (Phi) is 4.57. The molecule has 2 aromatic carbocycles. The highest BCUT2D eigenvalue weighted by Crippen LogP contribution is 2.02. The molecule has 0 amide bonds. The number of aliphatic carboxylic acids is 1. The number of benzene rings is 2. The van der Waals surface area contributed by atoms with Crippen LogP contribution in [0.3, 0.4) is 0 Å². The van der Waals surface area contributed by atoms with E-state index < -0.39 is 12.0 Å². The van der Waals surface area contributed by atoms with Gasteiger partial charge in [-0.3, -0.25) is 4.79 Å². The molecule has 0 radical (unpaired) electrons. The van der Waals surface area contributed by atoms with Gasteiger partial charge in [-0.2, -0.15) is 10.2 Å². The number of hydrogen-bond donors (Lipinski definition) is 2. The Labute approximate surface area is 116 Å². The van der Waals surface area contributed by atoms with Gasteiger partial charge in [-0.25, -0.2) is 0 Å². The number of rotatable bonds is 3. The molecule has 0 saturated carbocycles. The van der Waals surface area contributed by atoms with Crippen molar-refractivity contribution in [3.8, 4) is 0 Å². The average molecular weight is 269 g/mol. The van der Waals surface area contributed by atoms with E-state index in [1.165, 1.54) is 0 Å². The fraction of sp³-hybridized carbons (Fsp3) is 0.133. The summed E-state index contributed by atoms with van der Waals surface area (Å²) in [6.45, 7) is 0. The van der Waals surface area contributed by atoms with E-state index in [0.29, 0.717) is 6.42 Å². The van der Waals surface area contributed by atoms with Crippen LogP contribution in [0.2, 0.25) is 0 Å². The highest BCUT2D eigenvalue weighted by molar-refractivity contribution is 5.73. The van der Waals surface area contributed by atoms with E-state index in [9.17, 15) is 4.79 Å². The molecule has 0 aliphatic rings. The zero-order valence-electron chi connectivity index (χ0n) is 10.8. The maximum atomic E-state index is 10.4. The smallest absolute Gasteiger partial charge is 0.320 e. The van der Waals surface area contributed by atoms with Crippen LogP contribution in [0.1, 0.15) is 5.56 Å². The largest absolute Gasteiger partial charge is 0.480 e. The zero-order valence-corrected chi connectivity index (χ0v) is 10.8. The van der Waals surface area contributed by atoms with E-state index in [0.717, 1.165) is 16.6 Å². The fourth-order valence-electron chi connectivity index (χ4n) is 1.66. The Morgan fingerprint density at radius 3 is 1.85 bits per heavy atom. The van der Waals surface area contributed by atoms with Crippen molar-refractivity contribution in [2.24, 2.45) is 5.73 Å². The second-order valence-corrected chi connectivity index (χ2v) is 4.35. The predicted molar refractivity (Wildman–Crippen MR) is 76.5 cm³/mol. The molecule has 5 heteroatoms. The van der Waals surface area contributed by atoms with Gasteiger partial charge in [-0.05, 0) is 36.2 Å². The van der Waals surface area contributed by atoms with Crippen LogP contribution in [0.4, 0.5) is 0 Å². The van der Waals surface area contributed by atoms with Gasteiger partial charge >= 0.3 is 5.97 Å². The number of carboxylic acids is 1. The Bertz CT molecular complexity index is 580. The van der Waals surface area contributed by atoms with E-state index in [-0.39, 0.29) is 0 Å². The summed E-state index contributed by atoms with van der Waals surface area (Å²) in [4.78, 5) is 10.4. The lowest BCUT2D eigenvalue weighted by Gasteiger charge is -2.04. The van der Waals surface area contributed by atoms with Gasteiger partial charge in [0.15, 0.2) is 0 Å². The predicted octanol–water partition coefficient (Wildman–Crippen LogP) is 1.71. The second kappa shape index (κ2) is 6.58. The van der Waals surface area contributed by atoms with E-state index in [1.807, 2.05) is 54.6 Å². The molecule has 0 saturated heterocycles. The summed E-state index contributed by atoms with van der Waals surface area (Å²) in [5.41, 5.74) is 8.19. The summed E-state index contributed by atoms with van der Waals surface area (Å²) in [6, 6.07) is 16.3. The van der Waals surface area contributed by atoms with E-state index in [4.69, 9.17) is 10.8 Å². The van der Waals surface area contributed by atoms with Crippen LogP contribution in [0, 0.1) is 0 Å². The molecule has 20 heavy (non-hydrogen) atoms. The topological polar surface area (TPSA) is 89.1 Å². The molecule has 4 rings (SSSR count). The maximum Gasteiger partial charge on any atom is 0.320 e. The zero-order chi connectivity index (χ0) is 14.4. The molecular formula is C15H15N3O2. The molecule has 102 valence electrons. The van der Waals surface area contributed by atoms with Gasteiger partial charge in [-0.1, -0.05) is 30.3 Å². The number of aromatic nitrogens is 2. The van der Waals surface area contributed by atoms with Crippen LogP contribution in [0.5, 0.6) is 0 Å². The summed E-state index contributed by atoms with van der Waals surface area (Å²) >= 11 is 0. The first kappa shape index (κ1) is 13.9. The number of nitrogens with two attached hydrogens (primary N) is 1. The SMILES string of the molecule is NC(Cc1ccccc1)C(=O)O.c1cc2ccc1nn2. The minimum atomic E-state index is -0.959. The summed E-state index contributed by atoms with van der Waals surface area (Å²) in [7, 11) is 0. The molecule has 2 bridgehead atoms. The monoisotopic (exact) mass is 269 g/mol. The number of carboxylic acid groups (broad SMARTS) is 1. The van der Waals surface area contributed by atoms with Crippen molar-refractivity contribution >= 4 is 17.0 Å². The van der Waals surface area contributed by atoms with Crippen LogP contribution in [-0.4, -0.2) is 27.3 Å². The van der Waals surface area contributed by atoms with Crippen molar-refractivity contribution in [3.05, 3.63) is 60.2 Å². The molecule has 2 heterocycles. The molecule has 5 nitrogen and oxygen atoms in total. The van der Waals surface area contributed by atoms with Crippen LogP contribution in [-0.2, 0) is 11.2 Å². The van der Waals surface area contributed by atoms with Gasteiger partial charge in [0.25, 0.3) is 0 Å². The first-order valence-electron chi connectivity index (χ1n) is 6.19. The van der Waals surface area contributed by atoms with Gasteiger partial charge in [-0.15, -0.1) is 0 Å². The molecular weight excluding hydrogens is 254 g/mol. The number of fused-ring (bicyclic) bond motifs is 3. The van der Waals surface area contributed by atoms with Crippen molar-refractivity contribution in [2.75, 3.05) is 0 Å². The summed E-state index contributed by atoms with van der Waals surface area (Å²) < 4.78 is 0. The van der Waals surface area contributed by atoms with Crippen molar-refractivity contribution in [1.82, 2.24) is 10.2 Å². The quantitative estimate of drug-likeness (QED) is 0.755. The third-order valence-electron chi connectivity index (χ3n) is 2.75. The highest BCUT2D eigenvalue weighted by Gasteiger charge is 2.10. The van der Waals surface area contributed by atoms with Crippen LogP contribution in [0.25, 0.3) is 11.0 Å². The first-order valence-corrected chi connectivity index (χ1v) is 6.19. The van der Waals surface area contributed by atoms with Gasteiger partial charge in [0.2, 0.25) is 0 Å². The minimum Gasteiger partial charge on any atom is -0.480 e. The second-order valence-electron chi connectivity index (χ2n) is 4.35. The summed E-state index contributed by atoms with van der Waals surface area (Å²) in [5.74, 6) is -0.959. The highest BCUT2D eigenvalue weighted by atomic mass is 16.4. The van der Waals surface area contributed by atoms with Gasteiger partial charge in [0, 0.05) is 0 Å². The molecule has 1 unspecified atom stereocenters. The van der Waals surface area contributed by atoms with E-state index in [2.05, 4.69) is 10.2 Å². The third-order valence-corrected chi connectivity index (χ3v) is 2.75. The van der Waals surface area contributed by atoms with Crippen molar-refractivity contribution in [1.29, 1.82) is 0 Å². The molecule has 0 aliphatic heterocycles. The third kappa shape index (κ3) is 4.00. The van der Waals surface area contributed by atoms with Crippen LogP contribution >= 0.6 is 0 Å². The summed E-state index contributed by atoms with van der Waals surface area (Å²) in [5, 5.41) is 16.2. The fourth-order valence-corrected chi connectivity index (χ4v) is 1.66. The normalized spacial score (nSPS) is 11.7. The lowest BCUT2D eigenvalue weighted by atomic mass is 10.1. The molecule has 2 aromatic heterocycles. The standard InChI is InChI=1S/C9H11NO2.C6H4N2/c10-8(9(11)12)6-7-4-2-1-3-5-7;1-2-6-4-3-5(1)7-8-6/h1-5,8H,6,10H2,(H,11,12);1-4H. The van der Waals surface area contributed by atoms with Crippen LogP contribution < -0.4 is 5.73 Å². The lowest BCUT2D eigenvalue weighted by Crippen LogP contribution is -2.32. The minimum absolute atomic E-state index is 0.385. The van der Waals surface area contributed by atoms with Gasteiger partial charge in [0.1, 0.15) is 6.04 Å². The molecule has 0 aliphatic carbocycles. The maximum absolute atomic E-state index is 10.4. The van der Waals surface area contributed by atoms with E-state index >= 15 is 0 Å². The van der Waals surface area contributed by atoms with Gasteiger partial charge < -0.3 is 10.8 Å². The number of hydrogen-bond acceptors (Lipinski definition) is 4. The van der Waals surface area contributed by atoms with Crippen molar-refractivity contribution in [3.63, 3.8) is 0 Å². The van der Waals surface area contributed by atoms with Gasteiger partial charge in [0.05, 0.1) is 11.0 Å². The Morgan fingerprint density at radius 1 is 1.00 bits per heavy atom. The Morgan fingerprint density at radius 2 is 1.50 bits per heavy atom. The van der Waals surface area contributed by atoms with Crippen molar-refractivity contribution < 1.29 is 9.90 Å². The first-order chi connectivity index (χ1) is 9.65. The van der Waals surface area contributed by atoms with E-state index in [1.54, 1.807) is 0 Å². The number of carbonyl (C=O) groups is 1.